The van der Waals surface area contributed by atoms with Crippen molar-refractivity contribution in [3.8, 4) is 6.07 Å². The van der Waals surface area contributed by atoms with Crippen molar-refractivity contribution in [1.29, 1.82) is 5.26 Å². The molecule has 1 aliphatic heterocycles. The zero-order chi connectivity index (χ0) is 13.0. The summed E-state index contributed by atoms with van der Waals surface area (Å²) in [5, 5.41) is 12.3. The highest BCUT2D eigenvalue weighted by atomic mass is 15.1. The molecule has 1 N–H and O–H groups in total. The average molecular weight is 243 g/mol. The fourth-order valence-electron chi connectivity index (χ4n) is 2.55. The van der Waals surface area contributed by atoms with Gasteiger partial charge in [0, 0.05) is 11.7 Å². The van der Waals surface area contributed by atoms with E-state index in [1.54, 1.807) is 0 Å². The second-order valence-corrected chi connectivity index (χ2v) is 5.26. The van der Waals surface area contributed by atoms with E-state index < -0.39 is 0 Å². The number of nitrogens with one attached hydrogen (secondary N) is 1. The summed E-state index contributed by atoms with van der Waals surface area (Å²) in [5.41, 5.74) is 1.83. The van der Waals surface area contributed by atoms with E-state index in [1.807, 2.05) is 24.3 Å². The predicted molar refractivity (Wildman–Crippen MR) is 74.5 cm³/mol. The maximum atomic E-state index is 8.76. The second-order valence-electron chi connectivity index (χ2n) is 5.26. The summed E-state index contributed by atoms with van der Waals surface area (Å²) in [4.78, 5) is 2.39. The molecule has 1 unspecified atom stereocenters. The van der Waals surface area contributed by atoms with Crippen LogP contribution in [-0.4, -0.2) is 31.1 Å². The lowest BCUT2D eigenvalue weighted by Gasteiger charge is -2.33. The van der Waals surface area contributed by atoms with E-state index in [-0.39, 0.29) is 0 Å². The molecular weight excluding hydrogens is 222 g/mol. The van der Waals surface area contributed by atoms with Crippen molar-refractivity contribution in [2.45, 2.75) is 25.8 Å². The third kappa shape index (κ3) is 3.24. The van der Waals surface area contributed by atoms with Gasteiger partial charge in [-0.05, 0) is 70.1 Å². The van der Waals surface area contributed by atoms with E-state index in [4.69, 9.17) is 5.26 Å². The molecule has 0 spiro atoms. The van der Waals surface area contributed by atoms with Gasteiger partial charge in [0.05, 0.1) is 11.6 Å². The van der Waals surface area contributed by atoms with Gasteiger partial charge in [-0.1, -0.05) is 0 Å². The van der Waals surface area contributed by atoms with E-state index in [9.17, 15) is 0 Å². The van der Waals surface area contributed by atoms with Crippen molar-refractivity contribution in [3.05, 3.63) is 29.8 Å². The molecule has 18 heavy (non-hydrogen) atoms. The maximum Gasteiger partial charge on any atom is 0.0991 e. The van der Waals surface area contributed by atoms with Crippen LogP contribution in [0.3, 0.4) is 0 Å². The molecule has 0 aromatic heterocycles. The van der Waals surface area contributed by atoms with E-state index in [1.165, 1.54) is 25.9 Å². The van der Waals surface area contributed by atoms with Gasteiger partial charge in [0.25, 0.3) is 0 Å². The van der Waals surface area contributed by atoms with Gasteiger partial charge in [-0.25, -0.2) is 0 Å². The fourth-order valence-corrected chi connectivity index (χ4v) is 2.55. The minimum Gasteiger partial charge on any atom is -0.382 e. The van der Waals surface area contributed by atoms with Crippen LogP contribution >= 0.6 is 0 Å². The van der Waals surface area contributed by atoms with Crippen LogP contribution in [-0.2, 0) is 0 Å². The first kappa shape index (κ1) is 12.9. The standard InChI is InChI=1S/C15H21N3/c1-12(14-7-9-18(2)10-8-14)17-15-5-3-13(11-16)4-6-15/h3-6,12,14,17H,7-10H2,1-2H3. The molecular formula is C15H21N3. The summed E-state index contributed by atoms with van der Waals surface area (Å²) in [5.74, 6) is 0.747. The van der Waals surface area contributed by atoms with Gasteiger partial charge in [0.15, 0.2) is 0 Å². The number of likely N-dealkylation sites (tertiary alicyclic amines) is 1. The van der Waals surface area contributed by atoms with Crippen molar-refractivity contribution in [3.63, 3.8) is 0 Å². The monoisotopic (exact) mass is 243 g/mol. The van der Waals surface area contributed by atoms with Crippen molar-refractivity contribution in [1.82, 2.24) is 4.90 Å². The van der Waals surface area contributed by atoms with Crippen LogP contribution < -0.4 is 5.32 Å². The van der Waals surface area contributed by atoms with Gasteiger partial charge >= 0.3 is 0 Å². The maximum absolute atomic E-state index is 8.76. The molecule has 2 rings (SSSR count). The number of anilines is 1. The SMILES string of the molecule is CC(Nc1ccc(C#N)cc1)C1CCN(C)CC1. The Morgan fingerprint density at radius 2 is 1.89 bits per heavy atom. The lowest BCUT2D eigenvalue weighted by molar-refractivity contribution is 0.208. The summed E-state index contributed by atoms with van der Waals surface area (Å²) >= 11 is 0. The van der Waals surface area contributed by atoms with Gasteiger partial charge in [-0.15, -0.1) is 0 Å². The number of hydrogen-bond acceptors (Lipinski definition) is 3. The van der Waals surface area contributed by atoms with Crippen LogP contribution in [0.25, 0.3) is 0 Å². The number of nitrogens with zero attached hydrogens (tertiary/aromatic N) is 2. The highest BCUT2D eigenvalue weighted by Crippen LogP contribution is 2.22. The van der Waals surface area contributed by atoms with Crippen LogP contribution in [0.4, 0.5) is 5.69 Å². The Hall–Kier alpha value is -1.53. The van der Waals surface area contributed by atoms with Crippen molar-refractivity contribution in [2.24, 2.45) is 5.92 Å². The second kappa shape index (κ2) is 5.88. The Balaban J connectivity index is 1.90. The first-order valence-corrected chi connectivity index (χ1v) is 6.64. The number of rotatable bonds is 3. The molecule has 1 atom stereocenters. The average Bonchev–Trinajstić information content (AvgIpc) is 2.40. The summed E-state index contributed by atoms with van der Waals surface area (Å²) < 4.78 is 0. The first-order valence-electron chi connectivity index (χ1n) is 6.64. The highest BCUT2D eigenvalue weighted by Gasteiger charge is 2.21. The van der Waals surface area contributed by atoms with Crippen molar-refractivity contribution < 1.29 is 0 Å². The molecule has 1 fully saturated rings. The lowest BCUT2D eigenvalue weighted by Crippen LogP contribution is -2.37. The molecule has 0 radical (unpaired) electrons. The molecule has 1 saturated heterocycles. The number of nitriles is 1. The Labute approximate surface area is 109 Å². The summed E-state index contributed by atoms with van der Waals surface area (Å²) in [6, 6.07) is 10.3. The number of hydrogen-bond donors (Lipinski definition) is 1. The largest absolute Gasteiger partial charge is 0.382 e. The number of benzene rings is 1. The normalized spacial score (nSPS) is 19.2. The van der Waals surface area contributed by atoms with Crippen LogP contribution in [0.1, 0.15) is 25.3 Å². The molecule has 3 nitrogen and oxygen atoms in total. The summed E-state index contributed by atoms with van der Waals surface area (Å²) in [6.45, 7) is 4.66. The summed E-state index contributed by atoms with van der Waals surface area (Å²) in [7, 11) is 2.19. The van der Waals surface area contributed by atoms with Crippen molar-refractivity contribution in [2.75, 3.05) is 25.5 Å². The third-order valence-corrected chi connectivity index (χ3v) is 3.88. The minimum absolute atomic E-state index is 0.492. The molecule has 1 aliphatic rings. The summed E-state index contributed by atoms with van der Waals surface area (Å²) in [6.07, 6.45) is 2.53. The zero-order valence-corrected chi connectivity index (χ0v) is 11.2. The quantitative estimate of drug-likeness (QED) is 0.887. The van der Waals surface area contributed by atoms with Gasteiger partial charge in [-0.2, -0.15) is 5.26 Å². The van der Waals surface area contributed by atoms with Crippen LogP contribution in [0.15, 0.2) is 24.3 Å². The Kier molecular flexibility index (Phi) is 4.22. The van der Waals surface area contributed by atoms with Gasteiger partial charge in [0.2, 0.25) is 0 Å². The molecule has 3 heteroatoms. The topological polar surface area (TPSA) is 39.1 Å². The van der Waals surface area contributed by atoms with Gasteiger partial charge in [0.1, 0.15) is 0 Å². The van der Waals surface area contributed by atoms with E-state index >= 15 is 0 Å². The van der Waals surface area contributed by atoms with Crippen LogP contribution in [0.2, 0.25) is 0 Å². The molecule has 1 aromatic rings. The predicted octanol–water partition coefficient (Wildman–Crippen LogP) is 2.70. The van der Waals surface area contributed by atoms with Crippen LogP contribution in [0.5, 0.6) is 0 Å². The minimum atomic E-state index is 0.492. The molecule has 96 valence electrons. The molecule has 1 heterocycles. The Bertz CT molecular complexity index is 410. The Morgan fingerprint density at radius 3 is 2.44 bits per heavy atom. The van der Waals surface area contributed by atoms with Crippen molar-refractivity contribution >= 4 is 5.69 Å². The molecule has 1 aromatic carbocycles. The van der Waals surface area contributed by atoms with Gasteiger partial charge < -0.3 is 10.2 Å². The first-order chi connectivity index (χ1) is 8.69. The van der Waals surface area contributed by atoms with E-state index in [0.29, 0.717) is 11.6 Å². The lowest BCUT2D eigenvalue weighted by atomic mass is 9.90. The fraction of sp³-hybridized carbons (Fsp3) is 0.533. The molecule has 0 aliphatic carbocycles. The Morgan fingerprint density at radius 1 is 1.28 bits per heavy atom. The highest BCUT2D eigenvalue weighted by molar-refractivity contribution is 5.47. The van der Waals surface area contributed by atoms with Gasteiger partial charge in [-0.3, -0.25) is 0 Å². The smallest absolute Gasteiger partial charge is 0.0991 e. The van der Waals surface area contributed by atoms with E-state index in [2.05, 4.69) is 30.3 Å². The van der Waals surface area contributed by atoms with Crippen LogP contribution in [0, 0.1) is 17.2 Å². The zero-order valence-electron chi connectivity index (χ0n) is 11.2. The van der Waals surface area contributed by atoms with E-state index in [0.717, 1.165) is 11.6 Å². The third-order valence-electron chi connectivity index (χ3n) is 3.88. The molecule has 0 bridgehead atoms. The molecule has 0 saturated carbocycles. The molecule has 0 amide bonds. The number of piperidine rings is 1.